The van der Waals surface area contributed by atoms with E-state index in [4.69, 9.17) is 23.2 Å². The number of halogens is 2. The van der Waals surface area contributed by atoms with Gasteiger partial charge in [0.25, 0.3) is 0 Å². The molecule has 2 aromatic carbocycles. The number of aromatic nitrogens is 1. The molecule has 1 amide bonds. The van der Waals surface area contributed by atoms with Crippen LogP contribution in [0.15, 0.2) is 53.9 Å². The Morgan fingerprint density at radius 1 is 1.12 bits per heavy atom. The van der Waals surface area contributed by atoms with E-state index >= 15 is 0 Å². The lowest BCUT2D eigenvalue weighted by Crippen LogP contribution is -2.24. The summed E-state index contributed by atoms with van der Waals surface area (Å²) in [4.78, 5) is 16.6. The molecule has 0 fully saturated rings. The van der Waals surface area contributed by atoms with E-state index in [1.54, 1.807) is 29.5 Å². The Kier molecular flexibility index (Phi) is 5.51. The summed E-state index contributed by atoms with van der Waals surface area (Å²) >= 11 is 13.5. The van der Waals surface area contributed by atoms with Gasteiger partial charge in [0.1, 0.15) is 5.01 Å². The van der Waals surface area contributed by atoms with Crippen LogP contribution >= 0.6 is 34.5 Å². The maximum absolute atomic E-state index is 12.1. The molecule has 1 aromatic heterocycles. The lowest BCUT2D eigenvalue weighted by Gasteiger charge is -2.06. The minimum absolute atomic E-state index is 0.103. The number of rotatable bonds is 5. The van der Waals surface area contributed by atoms with Crippen LogP contribution in [0, 0.1) is 0 Å². The van der Waals surface area contributed by atoms with Crippen molar-refractivity contribution in [3.63, 3.8) is 0 Å². The summed E-state index contributed by atoms with van der Waals surface area (Å²) in [7, 11) is 0. The molecule has 0 unspecified atom stereocenters. The Labute approximate surface area is 154 Å². The Hall–Kier alpha value is -1.88. The summed E-state index contributed by atoms with van der Waals surface area (Å²) in [6.45, 7) is 0.396. The van der Waals surface area contributed by atoms with Crippen molar-refractivity contribution < 1.29 is 4.79 Å². The van der Waals surface area contributed by atoms with Crippen LogP contribution in [0.1, 0.15) is 11.3 Å². The van der Waals surface area contributed by atoms with Gasteiger partial charge in [-0.15, -0.1) is 11.3 Å². The third-order valence-corrected chi connectivity index (χ3v) is 4.93. The van der Waals surface area contributed by atoms with Gasteiger partial charge in [-0.05, 0) is 17.7 Å². The van der Waals surface area contributed by atoms with Crippen molar-refractivity contribution in [2.75, 3.05) is 0 Å². The Balaban J connectivity index is 1.58. The number of thiazole rings is 1. The fourth-order valence-corrected chi connectivity index (χ4v) is 3.49. The third-order valence-electron chi connectivity index (χ3n) is 3.41. The largest absolute Gasteiger partial charge is 0.350 e. The normalized spacial score (nSPS) is 10.6. The highest BCUT2D eigenvalue weighted by molar-refractivity contribution is 7.13. The van der Waals surface area contributed by atoms with Gasteiger partial charge in [-0.3, -0.25) is 4.79 Å². The first kappa shape index (κ1) is 17.0. The number of benzene rings is 2. The lowest BCUT2D eigenvalue weighted by atomic mass is 10.1. The monoisotopic (exact) mass is 376 g/mol. The zero-order valence-corrected chi connectivity index (χ0v) is 15.0. The number of hydrogen-bond donors (Lipinski definition) is 1. The number of nitrogens with zero attached hydrogens (tertiary/aromatic N) is 1. The van der Waals surface area contributed by atoms with Gasteiger partial charge in [-0.25, -0.2) is 4.98 Å². The molecule has 0 atom stereocenters. The fraction of sp³-hybridized carbons (Fsp3) is 0.111. The van der Waals surface area contributed by atoms with Gasteiger partial charge in [0.2, 0.25) is 5.91 Å². The van der Waals surface area contributed by atoms with E-state index in [1.165, 1.54) is 0 Å². The van der Waals surface area contributed by atoms with Crippen molar-refractivity contribution in [1.82, 2.24) is 10.3 Å². The molecule has 1 heterocycles. The van der Waals surface area contributed by atoms with Crippen LogP contribution in [-0.2, 0) is 17.8 Å². The molecular weight excluding hydrogens is 363 g/mol. The Morgan fingerprint density at radius 2 is 1.92 bits per heavy atom. The molecule has 0 saturated carbocycles. The van der Waals surface area contributed by atoms with Crippen LogP contribution in [0.25, 0.3) is 10.6 Å². The fourth-order valence-electron chi connectivity index (χ4n) is 2.19. The van der Waals surface area contributed by atoms with Crippen LogP contribution < -0.4 is 5.32 Å². The molecule has 24 heavy (non-hydrogen) atoms. The highest BCUT2D eigenvalue weighted by atomic mass is 35.5. The molecule has 0 spiro atoms. The van der Waals surface area contributed by atoms with Gasteiger partial charge in [0.15, 0.2) is 0 Å². The molecule has 6 heteroatoms. The standard InChI is InChI=1S/C18H14Cl2N2OS/c19-14-7-6-13(16(20)9-14)8-17(23)21-10-15-11-24-18(22-15)12-4-2-1-3-5-12/h1-7,9,11H,8,10H2,(H,21,23). The second-order valence-corrected chi connectivity index (χ2v) is 6.90. The van der Waals surface area contributed by atoms with E-state index in [2.05, 4.69) is 10.3 Å². The van der Waals surface area contributed by atoms with Crippen LogP contribution in [0.5, 0.6) is 0 Å². The zero-order chi connectivity index (χ0) is 16.9. The Bertz CT molecular complexity index is 849. The third kappa shape index (κ3) is 4.35. The minimum atomic E-state index is -0.103. The molecular formula is C18H14Cl2N2OS. The number of carbonyl (C=O) groups is 1. The molecule has 0 aliphatic carbocycles. The first-order chi connectivity index (χ1) is 11.6. The maximum Gasteiger partial charge on any atom is 0.224 e. The van der Waals surface area contributed by atoms with Crippen molar-refractivity contribution >= 4 is 40.4 Å². The quantitative estimate of drug-likeness (QED) is 0.682. The van der Waals surface area contributed by atoms with E-state index in [1.807, 2.05) is 35.7 Å². The van der Waals surface area contributed by atoms with Gasteiger partial charge >= 0.3 is 0 Å². The van der Waals surface area contributed by atoms with Crippen molar-refractivity contribution in [1.29, 1.82) is 0 Å². The second-order valence-electron chi connectivity index (χ2n) is 5.20. The van der Waals surface area contributed by atoms with Gasteiger partial charge in [-0.1, -0.05) is 59.6 Å². The summed E-state index contributed by atoms with van der Waals surface area (Å²) in [6, 6.07) is 15.1. The molecule has 0 radical (unpaired) electrons. The zero-order valence-electron chi connectivity index (χ0n) is 12.6. The van der Waals surface area contributed by atoms with E-state index < -0.39 is 0 Å². The summed E-state index contributed by atoms with van der Waals surface area (Å²) in [5, 5.41) is 6.82. The van der Waals surface area contributed by atoms with E-state index in [9.17, 15) is 4.79 Å². The second kappa shape index (κ2) is 7.79. The predicted octanol–water partition coefficient (Wildman–Crippen LogP) is 4.98. The molecule has 3 nitrogen and oxygen atoms in total. The summed E-state index contributed by atoms with van der Waals surface area (Å²) in [5.74, 6) is -0.103. The Morgan fingerprint density at radius 3 is 2.67 bits per heavy atom. The summed E-state index contributed by atoms with van der Waals surface area (Å²) in [5.41, 5.74) is 2.67. The van der Waals surface area contributed by atoms with Crippen molar-refractivity contribution in [3.8, 4) is 10.6 Å². The highest BCUT2D eigenvalue weighted by Crippen LogP contribution is 2.23. The summed E-state index contributed by atoms with van der Waals surface area (Å²) in [6.07, 6.45) is 0.214. The molecule has 1 N–H and O–H groups in total. The predicted molar refractivity (Wildman–Crippen MR) is 99.6 cm³/mol. The maximum atomic E-state index is 12.1. The molecule has 3 rings (SSSR count). The molecule has 0 aliphatic rings. The molecule has 3 aromatic rings. The van der Waals surface area contributed by atoms with Crippen LogP contribution in [-0.4, -0.2) is 10.9 Å². The van der Waals surface area contributed by atoms with Crippen molar-refractivity contribution in [2.45, 2.75) is 13.0 Å². The van der Waals surface area contributed by atoms with Gasteiger partial charge in [0, 0.05) is 21.0 Å². The first-order valence-corrected chi connectivity index (χ1v) is 8.96. The average molecular weight is 377 g/mol. The van der Waals surface area contributed by atoms with Crippen molar-refractivity contribution in [2.24, 2.45) is 0 Å². The van der Waals surface area contributed by atoms with Gasteiger partial charge < -0.3 is 5.32 Å². The minimum Gasteiger partial charge on any atom is -0.350 e. The number of carbonyl (C=O) groups excluding carboxylic acids is 1. The molecule has 0 bridgehead atoms. The van der Waals surface area contributed by atoms with Crippen molar-refractivity contribution in [3.05, 3.63) is 75.2 Å². The molecule has 0 saturated heterocycles. The van der Waals surface area contributed by atoms with Gasteiger partial charge in [0.05, 0.1) is 18.7 Å². The molecule has 122 valence electrons. The van der Waals surface area contributed by atoms with Crippen LogP contribution in [0.2, 0.25) is 10.0 Å². The first-order valence-electron chi connectivity index (χ1n) is 7.32. The van der Waals surface area contributed by atoms with Crippen LogP contribution in [0.3, 0.4) is 0 Å². The summed E-state index contributed by atoms with van der Waals surface area (Å²) < 4.78 is 0. The van der Waals surface area contributed by atoms with E-state index in [0.717, 1.165) is 21.8 Å². The average Bonchev–Trinajstić information content (AvgIpc) is 3.05. The van der Waals surface area contributed by atoms with Crippen LogP contribution in [0.4, 0.5) is 0 Å². The number of nitrogens with one attached hydrogen (secondary N) is 1. The number of amides is 1. The lowest BCUT2D eigenvalue weighted by molar-refractivity contribution is -0.120. The number of hydrogen-bond acceptors (Lipinski definition) is 3. The van der Waals surface area contributed by atoms with E-state index in [0.29, 0.717) is 16.6 Å². The van der Waals surface area contributed by atoms with E-state index in [-0.39, 0.29) is 12.3 Å². The smallest absolute Gasteiger partial charge is 0.224 e. The SMILES string of the molecule is O=C(Cc1ccc(Cl)cc1Cl)NCc1csc(-c2ccccc2)n1. The molecule has 0 aliphatic heterocycles. The van der Waals surface area contributed by atoms with Gasteiger partial charge in [-0.2, -0.15) is 0 Å². The highest BCUT2D eigenvalue weighted by Gasteiger charge is 2.09. The topological polar surface area (TPSA) is 42.0 Å².